The molecule has 1 aromatic heterocycles. The Bertz CT molecular complexity index is 610. The van der Waals surface area contributed by atoms with E-state index in [1.165, 1.54) is 0 Å². The number of carbonyl (C=O) groups excluding carboxylic acids is 2. The van der Waals surface area contributed by atoms with Gasteiger partial charge in [-0.25, -0.2) is 4.79 Å². The minimum atomic E-state index is -0.0131. The number of hydrogen-bond donors (Lipinski definition) is 1. The van der Waals surface area contributed by atoms with Gasteiger partial charge in [0.15, 0.2) is 0 Å². The van der Waals surface area contributed by atoms with Gasteiger partial charge < -0.3 is 20.0 Å². The largest absolute Gasteiger partial charge is 0.336 e. The molecule has 7 heteroatoms. The zero-order valence-electron chi connectivity index (χ0n) is 15.1. The molecule has 0 radical (unpaired) electrons. The van der Waals surface area contributed by atoms with Crippen LogP contribution in [0.2, 0.25) is 0 Å². The second-order valence-electron chi connectivity index (χ2n) is 6.80. The number of pyridine rings is 1. The maximum atomic E-state index is 12.5. The first kappa shape index (κ1) is 17.7. The van der Waals surface area contributed by atoms with Gasteiger partial charge in [0, 0.05) is 57.2 Å². The number of amides is 3. The van der Waals surface area contributed by atoms with Crippen LogP contribution in [-0.4, -0.2) is 83.5 Å². The van der Waals surface area contributed by atoms with Gasteiger partial charge in [0.1, 0.15) is 0 Å². The number of nitrogens with zero attached hydrogens (tertiary/aromatic N) is 4. The summed E-state index contributed by atoms with van der Waals surface area (Å²) in [5.41, 5.74) is 1.50. The Balaban J connectivity index is 1.48. The van der Waals surface area contributed by atoms with Gasteiger partial charge in [-0.3, -0.25) is 9.78 Å². The molecule has 1 atom stereocenters. The summed E-state index contributed by atoms with van der Waals surface area (Å²) in [6, 6.07) is 3.67. The van der Waals surface area contributed by atoms with Crippen LogP contribution in [0.15, 0.2) is 18.3 Å². The van der Waals surface area contributed by atoms with E-state index < -0.39 is 0 Å². The van der Waals surface area contributed by atoms with Crippen LogP contribution < -0.4 is 5.32 Å². The number of aryl methyl sites for hydroxylation is 1. The summed E-state index contributed by atoms with van der Waals surface area (Å²) in [6.45, 7) is 9.70. The highest BCUT2D eigenvalue weighted by atomic mass is 16.2. The zero-order chi connectivity index (χ0) is 17.8. The summed E-state index contributed by atoms with van der Waals surface area (Å²) in [4.78, 5) is 35.1. The maximum Gasteiger partial charge on any atom is 0.317 e. The Labute approximate surface area is 149 Å². The molecule has 0 saturated carbocycles. The van der Waals surface area contributed by atoms with Crippen molar-refractivity contribution in [2.45, 2.75) is 26.3 Å². The van der Waals surface area contributed by atoms with Crippen molar-refractivity contribution in [3.63, 3.8) is 0 Å². The van der Waals surface area contributed by atoms with Gasteiger partial charge in [0.25, 0.3) is 5.91 Å². The highest BCUT2D eigenvalue weighted by Crippen LogP contribution is 2.14. The average molecular weight is 345 g/mol. The van der Waals surface area contributed by atoms with Crippen LogP contribution in [0.25, 0.3) is 0 Å². The Morgan fingerprint density at radius 3 is 2.56 bits per heavy atom. The molecule has 0 aliphatic carbocycles. The van der Waals surface area contributed by atoms with Crippen LogP contribution in [0.3, 0.4) is 0 Å². The molecule has 0 unspecified atom stereocenters. The molecule has 1 aromatic rings. The van der Waals surface area contributed by atoms with Crippen molar-refractivity contribution >= 4 is 11.9 Å². The first-order chi connectivity index (χ1) is 12.1. The van der Waals surface area contributed by atoms with Crippen molar-refractivity contribution < 1.29 is 9.59 Å². The molecule has 3 heterocycles. The fourth-order valence-corrected chi connectivity index (χ4v) is 3.37. The summed E-state index contributed by atoms with van der Waals surface area (Å²) < 4.78 is 0. The molecule has 3 rings (SSSR count). The van der Waals surface area contributed by atoms with Crippen molar-refractivity contribution in [3.05, 3.63) is 29.6 Å². The Kier molecular flexibility index (Phi) is 5.53. The minimum Gasteiger partial charge on any atom is -0.336 e. The predicted molar refractivity (Wildman–Crippen MR) is 95.5 cm³/mol. The molecule has 2 aliphatic rings. The summed E-state index contributed by atoms with van der Waals surface area (Å²) in [5.74, 6) is -0.0131. The zero-order valence-corrected chi connectivity index (χ0v) is 15.1. The molecule has 0 aromatic carbocycles. The lowest BCUT2D eigenvalue weighted by molar-refractivity contribution is 0.0788. The third-order valence-electron chi connectivity index (χ3n) is 5.07. The van der Waals surface area contributed by atoms with Crippen LogP contribution in [0.4, 0.5) is 4.79 Å². The van der Waals surface area contributed by atoms with Crippen molar-refractivity contribution in [1.82, 2.24) is 25.0 Å². The number of rotatable bonds is 3. The molecule has 0 bridgehead atoms. The number of urea groups is 1. The standard InChI is InChI=1S/C18H27N5O2/c1-3-21-8-10-22(11-9-21)18(25)20-16-6-7-23(13-16)17(24)15-5-4-14(2)19-12-15/h4-5,12,16H,3,6-11,13H2,1-2H3,(H,20,25)/t16-/m1/s1. The third kappa shape index (κ3) is 4.28. The molecular formula is C18H27N5O2. The minimum absolute atomic E-state index is 0.00736. The van der Waals surface area contributed by atoms with Gasteiger partial charge >= 0.3 is 6.03 Å². The molecule has 2 saturated heterocycles. The summed E-state index contributed by atoms with van der Waals surface area (Å²) in [6.07, 6.45) is 2.42. The van der Waals surface area contributed by atoms with Crippen LogP contribution in [0, 0.1) is 6.92 Å². The number of aromatic nitrogens is 1. The number of likely N-dealkylation sites (tertiary alicyclic amines) is 1. The molecule has 7 nitrogen and oxygen atoms in total. The first-order valence-electron chi connectivity index (χ1n) is 9.06. The fourth-order valence-electron chi connectivity index (χ4n) is 3.37. The number of nitrogens with one attached hydrogen (secondary N) is 1. The molecule has 0 spiro atoms. The Morgan fingerprint density at radius 2 is 1.92 bits per heavy atom. The summed E-state index contributed by atoms with van der Waals surface area (Å²) >= 11 is 0. The second-order valence-corrected chi connectivity index (χ2v) is 6.80. The van der Waals surface area contributed by atoms with E-state index in [0.717, 1.165) is 44.8 Å². The van der Waals surface area contributed by atoms with Gasteiger partial charge in [0.05, 0.1) is 5.56 Å². The Morgan fingerprint density at radius 1 is 1.16 bits per heavy atom. The molecule has 2 aliphatic heterocycles. The molecular weight excluding hydrogens is 318 g/mol. The molecule has 1 N–H and O–H groups in total. The smallest absolute Gasteiger partial charge is 0.317 e. The first-order valence-corrected chi connectivity index (χ1v) is 9.06. The van der Waals surface area contributed by atoms with Crippen molar-refractivity contribution in [3.8, 4) is 0 Å². The monoisotopic (exact) mass is 345 g/mol. The number of hydrogen-bond acceptors (Lipinski definition) is 4. The van der Waals surface area contributed by atoms with Crippen molar-refractivity contribution in [2.24, 2.45) is 0 Å². The van der Waals surface area contributed by atoms with E-state index in [1.807, 2.05) is 24.0 Å². The molecule has 25 heavy (non-hydrogen) atoms. The van der Waals surface area contributed by atoms with E-state index >= 15 is 0 Å². The topological polar surface area (TPSA) is 68.8 Å². The van der Waals surface area contributed by atoms with E-state index in [0.29, 0.717) is 18.7 Å². The average Bonchev–Trinajstić information content (AvgIpc) is 3.10. The molecule has 2 fully saturated rings. The van der Waals surface area contributed by atoms with Gasteiger partial charge in [-0.1, -0.05) is 6.92 Å². The maximum absolute atomic E-state index is 12.5. The van der Waals surface area contributed by atoms with E-state index in [1.54, 1.807) is 11.1 Å². The van der Waals surface area contributed by atoms with E-state index in [2.05, 4.69) is 22.1 Å². The van der Waals surface area contributed by atoms with E-state index in [4.69, 9.17) is 0 Å². The number of likely N-dealkylation sites (N-methyl/N-ethyl adjacent to an activating group) is 1. The lowest BCUT2D eigenvalue weighted by atomic mass is 10.2. The summed E-state index contributed by atoms with van der Waals surface area (Å²) in [7, 11) is 0. The second kappa shape index (κ2) is 7.82. The van der Waals surface area contributed by atoms with Crippen LogP contribution in [-0.2, 0) is 0 Å². The van der Waals surface area contributed by atoms with Crippen LogP contribution >= 0.6 is 0 Å². The molecule has 136 valence electrons. The predicted octanol–water partition coefficient (Wildman–Crippen LogP) is 0.952. The lowest BCUT2D eigenvalue weighted by Crippen LogP contribution is -2.53. The third-order valence-corrected chi connectivity index (χ3v) is 5.07. The SMILES string of the molecule is CCN1CCN(C(=O)N[C@@H]2CCN(C(=O)c3ccc(C)nc3)C2)CC1. The fraction of sp³-hybridized carbons (Fsp3) is 0.611. The van der Waals surface area contributed by atoms with Gasteiger partial charge in [0.2, 0.25) is 0 Å². The van der Waals surface area contributed by atoms with Gasteiger partial charge in [-0.15, -0.1) is 0 Å². The normalized spacial score (nSPS) is 21.4. The van der Waals surface area contributed by atoms with Crippen molar-refractivity contribution in [2.75, 3.05) is 45.8 Å². The van der Waals surface area contributed by atoms with Gasteiger partial charge in [-0.2, -0.15) is 0 Å². The molecule has 3 amide bonds. The van der Waals surface area contributed by atoms with Crippen molar-refractivity contribution in [1.29, 1.82) is 0 Å². The quantitative estimate of drug-likeness (QED) is 0.886. The highest BCUT2D eigenvalue weighted by Gasteiger charge is 2.30. The van der Waals surface area contributed by atoms with E-state index in [9.17, 15) is 9.59 Å². The Hall–Kier alpha value is -2.15. The number of carbonyl (C=O) groups is 2. The lowest BCUT2D eigenvalue weighted by Gasteiger charge is -2.34. The van der Waals surface area contributed by atoms with Crippen LogP contribution in [0.5, 0.6) is 0 Å². The van der Waals surface area contributed by atoms with E-state index in [-0.39, 0.29) is 18.0 Å². The highest BCUT2D eigenvalue weighted by molar-refractivity contribution is 5.94. The van der Waals surface area contributed by atoms with Crippen LogP contribution in [0.1, 0.15) is 29.4 Å². The van der Waals surface area contributed by atoms with Gasteiger partial charge in [-0.05, 0) is 32.0 Å². The number of piperazine rings is 1. The summed E-state index contributed by atoms with van der Waals surface area (Å²) in [5, 5.41) is 3.09.